The molecule has 56 valence electrons. The van der Waals surface area contributed by atoms with Crippen molar-refractivity contribution < 1.29 is 4.79 Å². The molecule has 3 heteroatoms. The normalized spacial score (nSPS) is 11.9. The second-order valence-corrected chi connectivity index (χ2v) is 2.00. The Labute approximate surface area is 62.2 Å². The highest BCUT2D eigenvalue weighted by molar-refractivity contribution is 5.85. The van der Waals surface area contributed by atoms with Crippen molar-refractivity contribution in [3.8, 4) is 0 Å². The van der Waals surface area contributed by atoms with Crippen LogP contribution in [0.3, 0.4) is 0 Å². The minimum absolute atomic E-state index is 0. The van der Waals surface area contributed by atoms with Crippen LogP contribution in [-0.4, -0.2) is 11.8 Å². The summed E-state index contributed by atoms with van der Waals surface area (Å²) in [6, 6.07) is -0.269. The molecule has 0 fully saturated rings. The Morgan fingerprint density at radius 2 is 2.11 bits per heavy atom. The van der Waals surface area contributed by atoms with Crippen LogP contribution < -0.4 is 5.73 Å². The fourth-order valence-corrected chi connectivity index (χ4v) is 0.474. The zero-order valence-electron chi connectivity index (χ0n) is 5.89. The number of Topliss-reactive ketones (excluding diaryl/α,β-unsaturated/α-hetero) is 1. The molecule has 0 radical (unpaired) electrons. The lowest BCUT2D eigenvalue weighted by atomic mass is 10.1. The molecular formula is C6H14ClNO. The number of hydrogen-bond donors (Lipinski definition) is 1. The summed E-state index contributed by atoms with van der Waals surface area (Å²) in [4.78, 5) is 10.6. The van der Waals surface area contributed by atoms with Crippen LogP contribution in [0.1, 0.15) is 26.7 Å². The van der Waals surface area contributed by atoms with Gasteiger partial charge in [-0.2, -0.15) is 0 Å². The summed E-state index contributed by atoms with van der Waals surface area (Å²) in [5.41, 5.74) is 5.27. The number of ketones is 1. The molecule has 0 spiro atoms. The Morgan fingerprint density at radius 1 is 1.67 bits per heavy atom. The van der Waals surface area contributed by atoms with Crippen molar-refractivity contribution in [1.29, 1.82) is 0 Å². The molecule has 0 heterocycles. The molecule has 2 nitrogen and oxygen atoms in total. The second kappa shape index (κ2) is 6.05. The van der Waals surface area contributed by atoms with Crippen LogP contribution in [0.4, 0.5) is 0 Å². The van der Waals surface area contributed by atoms with Gasteiger partial charge in [0.25, 0.3) is 0 Å². The topological polar surface area (TPSA) is 43.1 Å². The maximum Gasteiger partial charge on any atom is 0.149 e. The first kappa shape index (κ1) is 11.7. The average molecular weight is 152 g/mol. The van der Waals surface area contributed by atoms with Gasteiger partial charge in [0, 0.05) is 6.42 Å². The SMILES string of the molecule is CCCC(=O)C(C)N.Cl. The molecule has 0 aliphatic carbocycles. The predicted octanol–water partition coefficient (Wildman–Crippen LogP) is 1.12. The molecule has 0 aliphatic heterocycles. The molecule has 0 aromatic heterocycles. The van der Waals surface area contributed by atoms with Gasteiger partial charge in [-0.05, 0) is 13.3 Å². The van der Waals surface area contributed by atoms with Crippen molar-refractivity contribution in [2.75, 3.05) is 0 Å². The van der Waals surface area contributed by atoms with E-state index in [4.69, 9.17) is 5.73 Å². The van der Waals surface area contributed by atoms with Crippen LogP contribution in [-0.2, 0) is 4.79 Å². The van der Waals surface area contributed by atoms with Crippen molar-refractivity contribution in [1.82, 2.24) is 0 Å². The molecule has 0 bridgehead atoms. The lowest BCUT2D eigenvalue weighted by Gasteiger charge is -1.99. The number of carbonyl (C=O) groups is 1. The minimum atomic E-state index is -0.269. The zero-order valence-corrected chi connectivity index (χ0v) is 6.70. The van der Waals surface area contributed by atoms with E-state index in [2.05, 4.69) is 0 Å². The van der Waals surface area contributed by atoms with Crippen LogP contribution in [0.2, 0.25) is 0 Å². The van der Waals surface area contributed by atoms with Gasteiger partial charge in [0.2, 0.25) is 0 Å². The molecule has 0 saturated heterocycles. The Kier molecular flexibility index (Phi) is 7.85. The lowest BCUT2D eigenvalue weighted by molar-refractivity contribution is -0.119. The van der Waals surface area contributed by atoms with Gasteiger partial charge >= 0.3 is 0 Å². The summed E-state index contributed by atoms with van der Waals surface area (Å²) < 4.78 is 0. The summed E-state index contributed by atoms with van der Waals surface area (Å²) in [5.74, 6) is 0.160. The minimum Gasteiger partial charge on any atom is -0.322 e. The lowest BCUT2D eigenvalue weighted by Crippen LogP contribution is -2.25. The van der Waals surface area contributed by atoms with Gasteiger partial charge in [0.05, 0.1) is 6.04 Å². The maximum atomic E-state index is 10.6. The van der Waals surface area contributed by atoms with Crippen LogP contribution >= 0.6 is 12.4 Å². The monoisotopic (exact) mass is 151 g/mol. The number of halogens is 1. The van der Waals surface area contributed by atoms with E-state index in [1.54, 1.807) is 6.92 Å². The van der Waals surface area contributed by atoms with Crippen molar-refractivity contribution in [2.24, 2.45) is 5.73 Å². The largest absolute Gasteiger partial charge is 0.322 e. The van der Waals surface area contributed by atoms with E-state index in [1.807, 2.05) is 6.92 Å². The Morgan fingerprint density at radius 3 is 2.22 bits per heavy atom. The second-order valence-electron chi connectivity index (χ2n) is 2.00. The molecule has 0 aliphatic rings. The third kappa shape index (κ3) is 5.80. The number of nitrogens with two attached hydrogens (primary N) is 1. The highest BCUT2D eigenvalue weighted by atomic mass is 35.5. The van der Waals surface area contributed by atoms with E-state index in [1.165, 1.54) is 0 Å². The molecular weight excluding hydrogens is 138 g/mol. The molecule has 0 aromatic carbocycles. The zero-order chi connectivity index (χ0) is 6.57. The molecule has 2 N–H and O–H groups in total. The Bertz CT molecular complexity index is 83.1. The highest BCUT2D eigenvalue weighted by Crippen LogP contribution is 1.90. The van der Waals surface area contributed by atoms with Gasteiger partial charge in [0.15, 0.2) is 0 Å². The fraction of sp³-hybridized carbons (Fsp3) is 0.833. The molecule has 0 amide bonds. The van der Waals surface area contributed by atoms with E-state index >= 15 is 0 Å². The smallest absolute Gasteiger partial charge is 0.149 e. The van der Waals surface area contributed by atoms with E-state index in [9.17, 15) is 4.79 Å². The summed E-state index contributed by atoms with van der Waals surface area (Å²) in [6.45, 7) is 3.69. The number of hydrogen-bond acceptors (Lipinski definition) is 2. The summed E-state index contributed by atoms with van der Waals surface area (Å²) >= 11 is 0. The van der Waals surface area contributed by atoms with Gasteiger partial charge in [-0.1, -0.05) is 6.92 Å². The van der Waals surface area contributed by atoms with Crippen molar-refractivity contribution in [3.63, 3.8) is 0 Å². The molecule has 0 aromatic rings. The average Bonchev–Trinajstić information content (AvgIpc) is 1.67. The quantitative estimate of drug-likeness (QED) is 0.657. The third-order valence-corrected chi connectivity index (χ3v) is 1.00. The van der Waals surface area contributed by atoms with Crippen molar-refractivity contribution in [2.45, 2.75) is 32.7 Å². The summed E-state index contributed by atoms with van der Waals surface area (Å²) in [7, 11) is 0. The van der Waals surface area contributed by atoms with Crippen LogP contribution in [0, 0.1) is 0 Å². The molecule has 9 heavy (non-hydrogen) atoms. The molecule has 0 rings (SSSR count). The fourth-order valence-electron chi connectivity index (χ4n) is 0.474. The molecule has 0 saturated carbocycles. The van der Waals surface area contributed by atoms with Crippen LogP contribution in [0.15, 0.2) is 0 Å². The Balaban J connectivity index is 0. The van der Waals surface area contributed by atoms with Gasteiger partial charge in [-0.3, -0.25) is 4.79 Å². The van der Waals surface area contributed by atoms with E-state index in [0.717, 1.165) is 6.42 Å². The third-order valence-electron chi connectivity index (χ3n) is 1.00. The number of rotatable bonds is 3. The van der Waals surface area contributed by atoms with Crippen molar-refractivity contribution in [3.05, 3.63) is 0 Å². The first-order valence-electron chi connectivity index (χ1n) is 2.96. The summed E-state index contributed by atoms with van der Waals surface area (Å²) in [5, 5.41) is 0. The first-order chi connectivity index (χ1) is 3.68. The van der Waals surface area contributed by atoms with Gasteiger partial charge in [0.1, 0.15) is 5.78 Å². The predicted molar refractivity (Wildman–Crippen MR) is 40.8 cm³/mol. The van der Waals surface area contributed by atoms with Gasteiger partial charge in [-0.25, -0.2) is 0 Å². The van der Waals surface area contributed by atoms with Crippen LogP contribution in [0.5, 0.6) is 0 Å². The van der Waals surface area contributed by atoms with Gasteiger partial charge in [-0.15, -0.1) is 12.4 Å². The van der Waals surface area contributed by atoms with E-state index in [-0.39, 0.29) is 24.2 Å². The highest BCUT2D eigenvalue weighted by Gasteiger charge is 2.03. The maximum absolute atomic E-state index is 10.6. The first-order valence-corrected chi connectivity index (χ1v) is 2.96. The van der Waals surface area contributed by atoms with E-state index in [0.29, 0.717) is 6.42 Å². The standard InChI is InChI=1S/C6H13NO.ClH/c1-3-4-6(8)5(2)7;/h5H,3-4,7H2,1-2H3;1H. The van der Waals surface area contributed by atoms with E-state index < -0.39 is 0 Å². The number of carbonyl (C=O) groups excluding carboxylic acids is 1. The Hall–Kier alpha value is -0.0800. The molecule has 1 unspecified atom stereocenters. The summed E-state index contributed by atoms with van der Waals surface area (Å²) in [6.07, 6.45) is 1.53. The van der Waals surface area contributed by atoms with Gasteiger partial charge < -0.3 is 5.73 Å². The van der Waals surface area contributed by atoms with Crippen molar-refractivity contribution >= 4 is 18.2 Å². The molecule has 1 atom stereocenters. The van der Waals surface area contributed by atoms with Crippen LogP contribution in [0.25, 0.3) is 0 Å².